The van der Waals surface area contributed by atoms with Crippen LogP contribution < -0.4 is 4.90 Å². The Bertz CT molecular complexity index is 785. The second kappa shape index (κ2) is 8.71. The molecule has 148 valence electrons. The topological polar surface area (TPSA) is 65.9 Å². The number of nitrogens with zero attached hydrogens (tertiary/aromatic N) is 3. The van der Waals surface area contributed by atoms with Crippen LogP contribution in [0.3, 0.4) is 0 Å². The van der Waals surface area contributed by atoms with Gasteiger partial charge in [-0.2, -0.15) is 0 Å². The number of aromatic nitrogens is 1. The van der Waals surface area contributed by atoms with Gasteiger partial charge in [0.25, 0.3) is 5.91 Å². The molecule has 1 atom stereocenters. The normalized spacial score (nSPS) is 19.5. The molecule has 0 radical (unpaired) electrons. The molecular weight excluding hydrogens is 354 g/mol. The average molecular weight is 381 g/mol. The third-order valence-corrected chi connectivity index (χ3v) is 5.73. The van der Waals surface area contributed by atoms with Crippen molar-refractivity contribution < 1.29 is 14.6 Å². The molecule has 4 rings (SSSR count). The van der Waals surface area contributed by atoms with E-state index < -0.39 is 6.10 Å². The fraction of sp³-hybridized carbons (Fsp3) is 0.455. The van der Waals surface area contributed by atoms with Crippen LogP contribution in [0.5, 0.6) is 0 Å². The highest BCUT2D eigenvalue weighted by Crippen LogP contribution is 2.30. The number of benzene rings is 1. The molecule has 2 saturated heterocycles. The van der Waals surface area contributed by atoms with Gasteiger partial charge in [0.2, 0.25) is 0 Å². The minimum atomic E-state index is -0.567. The molecule has 2 aliphatic heterocycles. The Balaban J connectivity index is 1.37. The zero-order valence-corrected chi connectivity index (χ0v) is 16.0. The summed E-state index contributed by atoms with van der Waals surface area (Å²) in [6.07, 6.45) is 2.71. The lowest BCUT2D eigenvalue weighted by atomic mass is 9.89. The van der Waals surface area contributed by atoms with Gasteiger partial charge in [0.15, 0.2) is 0 Å². The second-order valence-electron chi connectivity index (χ2n) is 7.48. The SMILES string of the molecule is O=C(c1cccc(N2CCOCC2)c1)N1CCC([C@@H](O)c2ccccn2)CC1. The van der Waals surface area contributed by atoms with Gasteiger partial charge in [-0.1, -0.05) is 12.1 Å². The smallest absolute Gasteiger partial charge is 0.253 e. The van der Waals surface area contributed by atoms with Gasteiger partial charge in [0.05, 0.1) is 25.0 Å². The van der Waals surface area contributed by atoms with E-state index in [0.717, 1.165) is 50.4 Å². The Labute approximate surface area is 165 Å². The molecule has 1 amide bonds. The maximum absolute atomic E-state index is 13.0. The highest BCUT2D eigenvalue weighted by molar-refractivity contribution is 5.95. The number of aliphatic hydroxyl groups excluding tert-OH is 1. The van der Waals surface area contributed by atoms with Crippen LogP contribution in [0.2, 0.25) is 0 Å². The molecule has 2 fully saturated rings. The molecule has 2 aliphatic rings. The van der Waals surface area contributed by atoms with E-state index in [0.29, 0.717) is 18.8 Å². The van der Waals surface area contributed by atoms with Gasteiger partial charge >= 0.3 is 0 Å². The van der Waals surface area contributed by atoms with Crippen LogP contribution in [0.4, 0.5) is 5.69 Å². The van der Waals surface area contributed by atoms with Gasteiger partial charge < -0.3 is 19.6 Å². The fourth-order valence-electron chi connectivity index (χ4n) is 4.05. The van der Waals surface area contributed by atoms with Gasteiger partial charge in [-0.3, -0.25) is 9.78 Å². The van der Waals surface area contributed by atoms with Crippen LogP contribution >= 0.6 is 0 Å². The summed E-state index contributed by atoms with van der Waals surface area (Å²) in [5.74, 6) is 0.208. The predicted molar refractivity (Wildman–Crippen MR) is 107 cm³/mol. The molecule has 1 aromatic heterocycles. The lowest BCUT2D eigenvalue weighted by Crippen LogP contribution is -2.40. The number of piperidine rings is 1. The Kier molecular flexibility index (Phi) is 5.88. The molecule has 2 aromatic rings. The molecule has 0 aliphatic carbocycles. The second-order valence-corrected chi connectivity index (χ2v) is 7.48. The Morgan fingerprint density at radius 3 is 2.57 bits per heavy atom. The zero-order chi connectivity index (χ0) is 19.3. The van der Waals surface area contributed by atoms with E-state index in [1.54, 1.807) is 6.20 Å². The fourth-order valence-corrected chi connectivity index (χ4v) is 4.05. The van der Waals surface area contributed by atoms with E-state index in [2.05, 4.69) is 16.0 Å². The average Bonchev–Trinajstić information content (AvgIpc) is 2.79. The van der Waals surface area contributed by atoms with Crippen molar-refractivity contribution in [3.05, 3.63) is 59.9 Å². The number of amides is 1. The maximum Gasteiger partial charge on any atom is 0.253 e. The molecule has 0 saturated carbocycles. The number of ether oxygens (including phenoxy) is 1. The molecule has 0 spiro atoms. The minimum absolute atomic E-state index is 0.0703. The monoisotopic (exact) mass is 381 g/mol. The molecule has 1 aromatic carbocycles. The summed E-state index contributed by atoms with van der Waals surface area (Å²) in [5, 5.41) is 10.6. The number of hydrogen-bond donors (Lipinski definition) is 1. The van der Waals surface area contributed by atoms with E-state index in [-0.39, 0.29) is 11.8 Å². The third-order valence-electron chi connectivity index (χ3n) is 5.73. The van der Waals surface area contributed by atoms with Crippen LogP contribution in [-0.2, 0) is 4.74 Å². The quantitative estimate of drug-likeness (QED) is 0.882. The number of hydrogen-bond acceptors (Lipinski definition) is 5. The van der Waals surface area contributed by atoms with Gasteiger partial charge in [-0.15, -0.1) is 0 Å². The van der Waals surface area contributed by atoms with E-state index in [1.165, 1.54) is 0 Å². The lowest BCUT2D eigenvalue weighted by Gasteiger charge is -2.34. The first kappa shape index (κ1) is 18.9. The summed E-state index contributed by atoms with van der Waals surface area (Å²) in [6, 6.07) is 13.5. The number of carbonyl (C=O) groups is 1. The number of anilines is 1. The molecular formula is C22H27N3O3. The predicted octanol–water partition coefficient (Wildman–Crippen LogP) is 2.50. The van der Waals surface area contributed by atoms with Crippen LogP contribution in [-0.4, -0.2) is 60.3 Å². The van der Waals surface area contributed by atoms with Gasteiger partial charge in [-0.25, -0.2) is 0 Å². The van der Waals surface area contributed by atoms with E-state index in [9.17, 15) is 9.90 Å². The summed E-state index contributed by atoms with van der Waals surface area (Å²) in [5.41, 5.74) is 2.52. The highest BCUT2D eigenvalue weighted by atomic mass is 16.5. The Hall–Kier alpha value is -2.44. The maximum atomic E-state index is 13.0. The van der Waals surface area contributed by atoms with Crippen LogP contribution in [0.25, 0.3) is 0 Å². The highest BCUT2D eigenvalue weighted by Gasteiger charge is 2.29. The first-order valence-electron chi connectivity index (χ1n) is 10.0. The van der Waals surface area contributed by atoms with Gasteiger partial charge in [-0.05, 0) is 49.1 Å². The van der Waals surface area contributed by atoms with Crippen LogP contribution in [0.15, 0.2) is 48.7 Å². The van der Waals surface area contributed by atoms with Crippen molar-refractivity contribution in [3.8, 4) is 0 Å². The van der Waals surface area contributed by atoms with Crippen LogP contribution in [0, 0.1) is 5.92 Å². The number of likely N-dealkylation sites (tertiary alicyclic amines) is 1. The zero-order valence-electron chi connectivity index (χ0n) is 16.0. The van der Waals surface area contributed by atoms with Crippen molar-refractivity contribution in [2.24, 2.45) is 5.92 Å². The van der Waals surface area contributed by atoms with Crippen molar-refractivity contribution >= 4 is 11.6 Å². The summed E-state index contributed by atoms with van der Waals surface area (Å²) in [4.78, 5) is 21.4. The summed E-state index contributed by atoms with van der Waals surface area (Å²) in [6.45, 7) is 4.49. The largest absolute Gasteiger partial charge is 0.387 e. The molecule has 6 heteroatoms. The molecule has 0 bridgehead atoms. The Morgan fingerprint density at radius 2 is 1.86 bits per heavy atom. The van der Waals surface area contributed by atoms with Crippen molar-refractivity contribution in [2.75, 3.05) is 44.3 Å². The molecule has 28 heavy (non-hydrogen) atoms. The van der Waals surface area contributed by atoms with Crippen molar-refractivity contribution in [2.45, 2.75) is 18.9 Å². The van der Waals surface area contributed by atoms with Gasteiger partial charge in [0, 0.05) is 43.6 Å². The molecule has 0 unspecified atom stereocenters. The number of pyridine rings is 1. The number of aliphatic hydroxyl groups is 1. The Morgan fingerprint density at radius 1 is 1.07 bits per heavy atom. The first-order valence-corrected chi connectivity index (χ1v) is 10.0. The van der Waals surface area contributed by atoms with E-state index >= 15 is 0 Å². The molecule has 1 N–H and O–H groups in total. The lowest BCUT2D eigenvalue weighted by molar-refractivity contribution is 0.0447. The van der Waals surface area contributed by atoms with Gasteiger partial charge in [0.1, 0.15) is 0 Å². The number of rotatable bonds is 4. The van der Waals surface area contributed by atoms with E-state index in [4.69, 9.17) is 4.74 Å². The van der Waals surface area contributed by atoms with Crippen molar-refractivity contribution in [1.29, 1.82) is 0 Å². The summed E-state index contributed by atoms with van der Waals surface area (Å²) in [7, 11) is 0. The first-order chi connectivity index (χ1) is 13.7. The summed E-state index contributed by atoms with van der Waals surface area (Å²) >= 11 is 0. The third kappa shape index (κ3) is 4.18. The van der Waals surface area contributed by atoms with Crippen molar-refractivity contribution in [1.82, 2.24) is 9.88 Å². The molecule has 6 nitrogen and oxygen atoms in total. The molecule has 3 heterocycles. The number of carbonyl (C=O) groups excluding carboxylic acids is 1. The minimum Gasteiger partial charge on any atom is -0.387 e. The van der Waals surface area contributed by atoms with Crippen molar-refractivity contribution in [3.63, 3.8) is 0 Å². The standard InChI is InChI=1S/C22H27N3O3/c26-21(20-6-1-2-9-23-20)17-7-10-25(11-8-17)22(27)18-4-3-5-19(16-18)24-12-14-28-15-13-24/h1-6,9,16-17,21,26H,7-8,10-15H2/t21-/m1/s1. The number of morpholine rings is 1. The van der Waals surface area contributed by atoms with E-state index in [1.807, 2.05) is 41.3 Å². The summed E-state index contributed by atoms with van der Waals surface area (Å²) < 4.78 is 5.41. The van der Waals surface area contributed by atoms with Crippen LogP contribution in [0.1, 0.15) is 35.0 Å².